The van der Waals surface area contributed by atoms with Crippen molar-refractivity contribution in [1.82, 2.24) is 0 Å². The van der Waals surface area contributed by atoms with Gasteiger partial charge in [-0.2, -0.15) is 5.90 Å². The largest absolute Gasteiger partial charge is 0.493 e. The summed E-state index contributed by atoms with van der Waals surface area (Å²) < 4.78 is 38.9. The lowest BCUT2D eigenvalue weighted by Crippen LogP contribution is -2.51. The molecule has 0 bridgehead atoms. The number of fused-ring (bicyclic) bond motifs is 3. The monoisotopic (exact) mass is 503 g/mol. The molecule has 2 aromatic rings. The van der Waals surface area contributed by atoms with E-state index in [-0.39, 0.29) is 30.6 Å². The summed E-state index contributed by atoms with van der Waals surface area (Å²) in [5.74, 6) is 3.24. The Morgan fingerprint density at radius 2 is 1.72 bits per heavy atom. The van der Waals surface area contributed by atoms with Gasteiger partial charge in [0.15, 0.2) is 29.6 Å². The number of benzene rings is 2. The maximum atomic E-state index is 12.9. The second-order valence-corrected chi connectivity index (χ2v) is 8.39. The molecule has 2 N–H and O–H groups in total. The maximum Gasteiger partial charge on any atom is 0.317 e. The fraction of sp³-hybridized carbons (Fsp3) is 0.440. The van der Waals surface area contributed by atoms with Crippen molar-refractivity contribution in [3.8, 4) is 34.5 Å². The highest BCUT2D eigenvalue weighted by atomic mass is 16.7. The van der Waals surface area contributed by atoms with Gasteiger partial charge >= 0.3 is 11.9 Å². The summed E-state index contributed by atoms with van der Waals surface area (Å²) in [5, 5.41) is 0. The average Bonchev–Trinajstić information content (AvgIpc) is 3.45. The Labute approximate surface area is 208 Å². The minimum Gasteiger partial charge on any atom is -0.493 e. The molecule has 1 fully saturated rings. The summed E-state index contributed by atoms with van der Waals surface area (Å²) in [5.41, 5.74) is 1.21. The molecule has 2 aromatic carbocycles. The van der Waals surface area contributed by atoms with Gasteiger partial charge in [-0.1, -0.05) is 20.3 Å². The number of cyclic esters (lactones) is 1. The Hall–Kier alpha value is -3.70. The number of carbonyl (C=O) groups is 2. The molecular formula is C25H29NO10. The first-order valence-electron chi connectivity index (χ1n) is 11.4. The molecule has 5 rings (SSSR count). The number of esters is 2. The lowest BCUT2D eigenvalue weighted by Gasteiger charge is -2.41. The van der Waals surface area contributed by atoms with Crippen LogP contribution in [0.2, 0.25) is 0 Å². The van der Waals surface area contributed by atoms with Gasteiger partial charge in [-0.05, 0) is 23.8 Å². The van der Waals surface area contributed by atoms with Gasteiger partial charge in [-0.15, -0.1) is 0 Å². The van der Waals surface area contributed by atoms with Gasteiger partial charge in [-0.3, -0.25) is 9.59 Å². The van der Waals surface area contributed by atoms with Crippen LogP contribution >= 0.6 is 0 Å². The van der Waals surface area contributed by atoms with Crippen molar-refractivity contribution in [2.45, 2.75) is 38.9 Å². The average molecular weight is 504 g/mol. The smallest absolute Gasteiger partial charge is 0.317 e. The highest BCUT2D eigenvalue weighted by Gasteiger charge is 2.61. The molecule has 0 aliphatic carbocycles. The van der Waals surface area contributed by atoms with Crippen LogP contribution in [0.15, 0.2) is 24.3 Å². The Kier molecular flexibility index (Phi) is 7.14. The molecule has 0 spiro atoms. The van der Waals surface area contributed by atoms with E-state index in [1.54, 1.807) is 24.3 Å². The van der Waals surface area contributed by atoms with E-state index in [0.717, 1.165) is 0 Å². The highest BCUT2D eigenvalue weighted by Crippen LogP contribution is 2.56. The molecule has 3 unspecified atom stereocenters. The van der Waals surface area contributed by atoms with Gasteiger partial charge in [-0.25, -0.2) is 0 Å². The fourth-order valence-electron chi connectivity index (χ4n) is 4.51. The molecule has 0 radical (unpaired) electrons. The van der Waals surface area contributed by atoms with E-state index < -0.39 is 29.6 Å². The molecular weight excluding hydrogens is 474 g/mol. The zero-order valence-electron chi connectivity index (χ0n) is 20.7. The molecule has 0 amide bonds. The molecule has 11 nitrogen and oxygen atoms in total. The normalized spacial score (nSPS) is 22.8. The van der Waals surface area contributed by atoms with Gasteiger partial charge in [0.1, 0.15) is 11.7 Å². The Morgan fingerprint density at radius 3 is 2.33 bits per heavy atom. The SMILES string of the molecule is CCC.COc1cc(C2c3cc4c(cc3OC3(OC)COC(=O)C23)OCO4)cc(ON)c1OC(C)=O. The van der Waals surface area contributed by atoms with Crippen LogP contribution in [-0.2, 0) is 19.1 Å². The number of nitrogens with two attached hydrogens (primary N) is 1. The topological polar surface area (TPSA) is 134 Å². The molecule has 3 aliphatic heterocycles. The summed E-state index contributed by atoms with van der Waals surface area (Å²) in [4.78, 5) is 29.5. The van der Waals surface area contributed by atoms with Gasteiger partial charge in [0.25, 0.3) is 5.79 Å². The molecule has 11 heteroatoms. The van der Waals surface area contributed by atoms with Crippen molar-refractivity contribution >= 4 is 11.9 Å². The molecule has 3 aliphatic rings. The van der Waals surface area contributed by atoms with E-state index >= 15 is 0 Å². The lowest BCUT2D eigenvalue weighted by atomic mass is 9.75. The van der Waals surface area contributed by atoms with Crippen LogP contribution in [0.4, 0.5) is 0 Å². The third-order valence-corrected chi connectivity index (χ3v) is 5.94. The minimum absolute atomic E-state index is 0.0150. The Morgan fingerprint density at radius 1 is 1.06 bits per heavy atom. The predicted octanol–water partition coefficient (Wildman–Crippen LogP) is 3.06. The zero-order valence-corrected chi connectivity index (χ0v) is 20.7. The van der Waals surface area contributed by atoms with E-state index in [9.17, 15) is 9.59 Å². The molecule has 0 saturated carbocycles. The number of carbonyl (C=O) groups excluding carboxylic acids is 2. The standard InChI is InChI=1S/C22H21NO10.C3H8/c1-10(24)31-20-16(26-2)4-11(5-17(20)33-23)18-12-6-14-15(30-9-29-14)7-13(12)32-22(27-3)8-28-21(25)19(18)22;1-3-2/h4-7,18-19H,8-9,23H2,1-3H3;3H2,1-2H3. The van der Waals surface area contributed by atoms with Crippen molar-refractivity contribution in [2.75, 3.05) is 27.6 Å². The molecule has 0 aromatic heterocycles. The summed E-state index contributed by atoms with van der Waals surface area (Å²) in [6.07, 6.45) is 1.25. The Balaban J connectivity index is 0.000000967. The highest BCUT2D eigenvalue weighted by molar-refractivity contribution is 5.80. The van der Waals surface area contributed by atoms with Crippen LogP contribution in [0.5, 0.6) is 34.5 Å². The molecule has 1 saturated heterocycles. The van der Waals surface area contributed by atoms with Crippen LogP contribution in [0.25, 0.3) is 0 Å². The first-order chi connectivity index (χ1) is 17.3. The Bertz CT molecular complexity index is 1140. The second kappa shape index (κ2) is 10.1. The number of ether oxygens (including phenoxy) is 7. The van der Waals surface area contributed by atoms with Crippen molar-refractivity contribution in [1.29, 1.82) is 0 Å². The second-order valence-electron chi connectivity index (χ2n) is 8.39. The van der Waals surface area contributed by atoms with E-state index in [2.05, 4.69) is 13.8 Å². The van der Waals surface area contributed by atoms with Crippen molar-refractivity contribution < 1.29 is 47.6 Å². The van der Waals surface area contributed by atoms with Crippen LogP contribution in [0.1, 0.15) is 44.2 Å². The van der Waals surface area contributed by atoms with Crippen LogP contribution < -0.4 is 34.4 Å². The summed E-state index contributed by atoms with van der Waals surface area (Å²) in [7, 11) is 2.86. The van der Waals surface area contributed by atoms with Crippen LogP contribution in [-0.4, -0.2) is 45.3 Å². The third-order valence-electron chi connectivity index (χ3n) is 5.94. The number of hydrogen-bond donors (Lipinski definition) is 1. The zero-order chi connectivity index (χ0) is 26.0. The predicted molar refractivity (Wildman–Crippen MR) is 124 cm³/mol. The first-order valence-corrected chi connectivity index (χ1v) is 11.4. The molecule has 194 valence electrons. The van der Waals surface area contributed by atoms with Crippen molar-refractivity contribution in [2.24, 2.45) is 11.8 Å². The van der Waals surface area contributed by atoms with Gasteiger partial charge in [0.05, 0.1) is 7.11 Å². The van der Waals surface area contributed by atoms with Gasteiger partial charge < -0.3 is 38.0 Å². The lowest BCUT2D eigenvalue weighted by molar-refractivity contribution is -0.195. The van der Waals surface area contributed by atoms with E-state index in [1.807, 2.05) is 0 Å². The van der Waals surface area contributed by atoms with Crippen molar-refractivity contribution in [3.63, 3.8) is 0 Å². The van der Waals surface area contributed by atoms with Crippen LogP contribution in [0.3, 0.4) is 0 Å². The van der Waals surface area contributed by atoms with Crippen molar-refractivity contribution in [3.05, 3.63) is 35.4 Å². The summed E-state index contributed by atoms with van der Waals surface area (Å²) in [6, 6.07) is 6.65. The van der Waals surface area contributed by atoms with Gasteiger partial charge in [0, 0.05) is 31.6 Å². The number of rotatable bonds is 5. The number of methoxy groups -OCH3 is 2. The fourth-order valence-corrected chi connectivity index (χ4v) is 4.51. The molecule has 36 heavy (non-hydrogen) atoms. The third kappa shape index (κ3) is 4.24. The minimum atomic E-state index is -1.37. The summed E-state index contributed by atoms with van der Waals surface area (Å²) in [6.45, 7) is 5.46. The quantitative estimate of drug-likeness (QED) is 0.366. The maximum absolute atomic E-state index is 12.9. The van der Waals surface area contributed by atoms with E-state index in [4.69, 9.17) is 43.9 Å². The number of hydrogen-bond acceptors (Lipinski definition) is 11. The van der Waals surface area contributed by atoms with E-state index in [1.165, 1.54) is 27.6 Å². The first kappa shape index (κ1) is 25.4. The van der Waals surface area contributed by atoms with E-state index in [0.29, 0.717) is 28.4 Å². The molecule has 3 heterocycles. The van der Waals surface area contributed by atoms with Crippen LogP contribution in [0, 0.1) is 5.92 Å². The summed E-state index contributed by atoms with van der Waals surface area (Å²) >= 11 is 0. The molecule has 3 atom stereocenters. The van der Waals surface area contributed by atoms with Gasteiger partial charge in [0.2, 0.25) is 12.5 Å².